The van der Waals surface area contributed by atoms with Crippen molar-refractivity contribution in [3.8, 4) is 5.75 Å². The zero-order chi connectivity index (χ0) is 13.6. The van der Waals surface area contributed by atoms with Crippen LogP contribution in [-0.2, 0) is 0 Å². The van der Waals surface area contributed by atoms with E-state index in [0.717, 1.165) is 38.1 Å². The maximum Gasteiger partial charge on any atom is 0.127 e. The second-order valence-electron chi connectivity index (χ2n) is 6.40. The first-order chi connectivity index (χ1) is 8.99. The van der Waals surface area contributed by atoms with Crippen molar-refractivity contribution in [1.29, 1.82) is 0 Å². The molecule has 1 saturated heterocycles. The van der Waals surface area contributed by atoms with Gasteiger partial charge in [0.05, 0.1) is 0 Å². The molecule has 1 unspecified atom stereocenters. The number of likely N-dealkylation sites (tertiary alicyclic amines) is 1. The number of benzene rings is 1. The van der Waals surface area contributed by atoms with Gasteiger partial charge in [-0.05, 0) is 39.3 Å². The first-order valence-electron chi connectivity index (χ1n) is 7.23. The Bertz CT molecular complexity index is 490. The van der Waals surface area contributed by atoms with Crippen LogP contribution in [0.2, 0.25) is 0 Å². The number of rotatable bonds is 0. The summed E-state index contributed by atoms with van der Waals surface area (Å²) in [4.78, 5) is 2.37. The van der Waals surface area contributed by atoms with Gasteiger partial charge in [0.1, 0.15) is 11.4 Å². The lowest BCUT2D eigenvalue weighted by atomic mass is 9.80. The average molecular weight is 260 g/mol. The van der Waals surface area contributed by atoms with Crippen molar-refractivity contribution in [2.24, 2.45) is 5.73 Å². The van der Waals surface area contributed by atoms with Gasteiger partial charge in [-0.15, -0.1) is 0 Å². The number of piperidine rings is 1. The molecule has 2 heterocycles. The molecule has 0 saturated carbocycles. The summed E-state index contributed by atoms with van der Waals surface area (Å²) in [5.74, 6) is 1.05. The minimum absolute atomic E-state index is 0.0288. The van der Waals surface area contributed by atoms with Gasteiger partial charge < -0.3 is 15.4 Å². The minimum atomic E-state index is -0.0288. The van der Waals surface area contributed by atoms with E-state index >= 15 is 0 Å². The van der Waals surface area contributed by atoms with Crippen LogP contribution in [0.5, 0.6) is 5.75 Å². The number of nitrogens with two attached hydrogens (primary N) is 1. The monoisotopic (exact) mass is 260 g/mol. The van der Waals surface area contributed by atoms with Crippen LogP contribution in [0.4, 0.5) is 0 Å². The molecule has 1 fully saturated rings. The van der Waals surface area contributed by atoms with Crippen molar-refractivity contribution in [3.05, 3.63) is 28.8 Å². The molecule has 1 atom stereocenters. The average Bonchev–Trinajstić information content (AvgIpc) is 2.35. The van der Waals surface area contributed by atoms with Crippen LogP contribution in [0.3, 0.4) is 0 Å². The highest BCUT2D eigenvalue weighted by atomic mass is 16.5. The van der Waals surface area contributed by atoms with Crippen LogP contribution in [0.25, 0.3) is 0 Å². The van der Waals surface area contributed by atoms with Gasteiger partial charge in [0.25, 0.3) is 0 Å². The van der Waals surface area contributed by atoms with E-state index < -0.39 is 0 Å². The summed E-state index contributed by atoms with van der Waals surface area (Å²) >= 11 is 0. The van der Waals surface area contributed by atoms with E-state index in [0.29, 0.717) is 0 Å². The van der Waals surface area contributed by atoms with Crippen molar-refractivity contribution in [2.45, 2.75) is 44.8 Å². The fraction of sp³-hybridized carbons (Fsp3) is 0.625. The lowest BCUT2D eigenvalue weighted by molar-refractivity contribution is -0.0169. The van der Waals surface area contributed by atoms with Crippen LogP contribution in [-0.4, -0.2) is 30.6 Å². The zero-order valence-corrected chi connectivity index (χ0v) is 12.2. The van der Waals surface area contributed by atoms with Crippen molar-refractivity contribution >= 4 is 0 Å². The number of aryl methyl sites for hydroxylation is 2. The summed E-state index contributed by atoms with van der Waals surface area (Å²) in [6.07, 6.45) is 3.13. The predicted octanol–water partition coefficient (Wildman–Crippen LogP) is 2.55. The van der Waals surface area contributed by atoms with Crippen molar-refractivity contribution in [2.75, 3.05) is 20.1 Å². The van der Waals surface area contributed by atoms with Gasteiger partial charge in [0.2, 0.25) is 0 Å². The van der Waals surface area contributed by atoms with E-state index in [-0.39, 0.29) is 11.6 Å². The fourth-order valence-corrected chi connectivity index (χ4v) is 3.50. The molecular weight excluding hydrogens is 236 g/mol. The molecule has 0 aromatic heterocycles. The van der Waals surface area contributed by atoms with E-state index in [1.54, 1.807) is 0 Å². The highest BCUT2D eigenvalue weighted by Crippen LogP contribution is 2.44. The van der Waals surface area contributed by atoms with Gasteiger partial charge in [-0.3, -0.25) is 0 Å². The van der Waals surface area contributed by atoms with E-state index in [9.17, 15) is 0 Å². The predicted molar refractivity (Wildman–Crippen MR) is 77.6 cm³/mol. The van der Waals surface area contributed by atoms with E-state index in [1.807, 2.05) is 0 Å². The van der Waals surface area contributed by atoms with Gasteiger partial charge in [-0.2, -0.15) is 0 Å². The molecule has 1 spiro atoms. The lowest BCUT2D eigenvalue weighted by Gasteiger charge is -2.46. The van der Waals surface area contributed by atoms with Crippen LogP contribution in [0.1, 0.15) is 42.0 Å². The van der Waals surface area contributed by atoms with E-state index in [2.05, 4.69) is 37.9 Å². The molecule has 3 rings (SSSR count). The molecule has 1 aromatic carbocycles. The molecule has 3 heteroatoms. The molecular formula is C16H24N2O. The first-order valence-corrected chi connectivity index (χ1v) is 7.23. The van der Waals surface area contributed by atoms with Crippen LogP contribution >= 0.6 is 0 Å². The Hall–Kier alpha value is -1.06. The largest absolute Gasteiger partial charge is 0.486 e. The van der Waals surface area contributed by atoms with Crippen LogP contribution in [0, 0.1) is 13.8 Å². The van der Waals surface area contributed by atoms with Crippen molar-refractivity contribution < 1.29 is 4.74 Å². The Labute approximate surface area is 115 Å². The first kappa shape index (κ1) is 12.9. The van der Waals surface area contributed by atoms with Crippen molar-refractivity contribution in [3.63, 3.8) is 0 Å². The molecule has 19 heavy (non-hydrogen) atoms. The zero-order valence-electron chi connectivity index (χ0n) is 12.2. The van der Waals surface area contributed by atoms with Gasteiger partial charge in [-0.25, -0.2) is 0 Å². The summed E-state index contributed by atoms with van der Waals surface area (Å²) < 4.78 is 6.46. The standard InChI is InChI=1S/C16H24N2O/c1-11-8-12(2)15-13(9-11)14(17)10-16(19-15)4-6-18(3)7-5-16/h8-9,14H,4-7,10,17H2,1-3H3. The number of fused-ring (bicyclic) bond motifs is 1. The Morgan fingerprint density at radius 1 is 1.26 bits per heavy atom. The molecule has 2 aliphatic heterocycles. The molecule has 3 nitrogen and oxygen atoms in total. The lowest BCUT2D eigenvalue weighted by Crippen LogP contribution is -2.50. The normalized spacial score (nSPS) is 26.0. The van der Waals surface area contributed by atoms with Gasteiger partial charge in [0.15, 0.2) is 0 Å². The van der Waals surface area contributed by atoms with Gasteiger partial charge in [-0.1, -0.05) is 17.7 Å². The Balaban J connectivity index is 1.95. The Morgan fingerprint density at radius 2 is 1.95 bits per heavy atom. The maximum atomic E-state index is 6.46. The van der Waals surface area contributed by atoms with Crippen LogP contribution < -0.4 is 10.5 Å². The second kappa shape index (κ2) is 4.50. The van der Waals surface area contributed by atoms with E-state index in [4.69, 9.17) is 10.5 Å². The Morgan fingerprint density at radius 3 is 2.63 bits per heavy atom. The third-order valence-corrected chi connectivity index (χ3v) is 4.66. The fourth-order valence-electron chi connectivity index (χ4n) is 3.50. The molecule has 2 aliphatic rings. The summed E-state index contributed by atoms with van der Waals surface area (Å²) in [6.45, 7) is 6.46. The summed E-state index contributed by atoms with van der Waals surface area (Å²) in [6, 6.07) is 4.50. The third kappa shape index (κ3) is 2.26. The molecule has 0 bridgehead atoms. The summed E-state index contributed by atoms with van der Waals surface area (Å²) in [5.41, 5.74) is 10.1. The summed E-state index contributed by atoms with van der Waals surface area (Å²) in [5, 5.41) is 0. The minimum Gasteiger partial charge on any atom is -0.486 e. The molecule has 2 N–H and O–H groups in total. The molecule has 0 amide bonds. The van der Waals surface area contributed by atoms with E-state index in [1.165, 1.54) is 16.7 Å². The maximum absolute atomic E-state index is 6.46. The Kier molecular flexibility index (Phi) is 3.06. The highest BCUT2D eigenvalue weighted by molar-refractivity contribution is 5.47. The smallest absolute Gasteiger partial charge is 0.127 e. The number of hydrogen-bond acceptors (Lipinski definition) is 3. The summed E-state index contributed by atoms with van der Waals surface area (Å²) in [7, 11) is 2.18. The quantitative estimate of drug-likeness (QED) is 0.779. The molecule has 0 aliphatic carbocycles. The molecule has 0 radical (unpaired) electrons. The highest BCUT2D eigenvalue weighted by Gasteiger charge is 2.42. The topological polar surface area (TPSA) is 38.5 Å². The van der Waals surface area contributed by atoms with Gasteiger partial charge >= 0.3 is 0 Å². The SMILES string of the molecule is Cc1cc(C)c2c(c1)C(N)CC1(CCN(C)CC1)O2. The molecule has 104 valence electrons. The number of ether oxygens (including phenoxy) is 1. The van der Waals surface area contributed by atoms with Crippen molar-refractivity contribution in [1.82, 2.24) is 4.90 Å². The number of nitrogens with zero attached hydrogens (tertiary/aromatic N) is 1. The second-order valence-corrected chi connectivity index (χ2v) is 6.40. The molecule has 1 aromatic rings. The van der Waals surface area contributed by atoms with Gasteiger partial charge in [0, 0.05) is 31.1 Å². The third-order valence-electron chi connectivity index (χ3n) is 4.66. The van der Waals surface area contributed by atoms with Crippen LogP contribution in [0.15, 0.2) is 12.1 Å². The number of hydrogen-bond donors (Lipinski definition) is 1.